The molecule has 108 valence electrons. The molecular formula is C20H16O2. The Balaban J connectivity index is 1.55. The first-order valence-electron chi connectivity index (χ1n) is 9.17. The average Bonchev–Trinajstić information content (AvgIpc) is 3.13. The molecule has 0 heterocycles. The first-order chi connectivity index (χ1) is 10.7. The van der Waals surface area contributed by atoms with E-state index in [0.29, 0.717) is 47.1 Å². The minimum absolute atomic E-state index is 0.139. The molecule has 7 saturated carbocycles. The third kappa shape index (κ3) is 0.396. The highest BCUT2D eigenvalue weighted by molar-refractivity contribution is 6.16. The van der Waals surface area contributed by atoms with E-state index in [1.54, 1.807) is 0 Å². The van der Waals surface area contributed by atoms with Gasteiger partial charge in [-0.3, -0.25) is 9.59 Å². The Kier molecular flexibility index (Phi) is 0.908. The fraction of sp³-hybridized carbons (Fsp3) is 0.700. The van der Waals surface area contributed by atoms with Crippen LogP contribution in [0.3, 0.4) is 0 Å². The van der Waals surface area contributed by atoms with E-state index in [0.717, 1.165) is 0 Å². The molecule has 12 atom stereocenters. The second-order valence-electron chi connectivity index (χ2n) is 9.90. The molecule has 9 aliphatic carbocycles. The van der Waals surface area contributed by atoms with Gasteiger partial charge in [-0.15, -0.1) is 0 Å². The standard InChI is InChI=1S/C20H16O2/c21-15-13-14-16(22)20-10-4-3-9(10)19(15,20)11-6-12(20)18(14)8-2-1-7(5-8)17(11,13)18/h1-4,7-14H,5-6H2/t7-,8+,9+,10-,11+,12-,13+,14-,17+,18-,19+,20-. The molecule has 2 heteroatoms. The second kappa shape index (κ2) is 2.03. The highest BCUT2D eigenvalue weighted by atomic mass is 16.2. The zero-order valence-corrected chi connectivity index (χ0v) is 12.2. The predicted molar refractivity (Wildman–Crippen MR) is 75.2 cm³/mol. The summed E-state index contributed by atoms with van der Waals surface area (Å²) in [5, 5.41) is 0. The van der Waals surface area contributed by atoms with Crippen molar-refractivity contribution in [3.8, 4) is 0 Å². The van der Waals surface area contributed by atoms with Gasteiger partial charge in [0.2, 0.25) is 0 Å². The van der Waals surface area contributed by atoms with Gasteiger partial charge in [-0.1, -0.05) is 24.3 Å². The molecule has 0 saturated heterocycles. The molecule has 2 nitrogen and oxygen atoms in total. The lowest BCUT2D eigenvalue weighted by Crippen LogP contribution is -2.74. The van der Waals surface area contributed by atoms with Gasteiger partial charge in [0.1, 0.15) is 11.6 Å². The number of fused-ring (bicyclic) bond motifs is 4. The van der Waals surface area contributed by atoms with Crippen molar-refractivity contribution in [2.45, 2.75) is 12.8 Å². The number of allylic oxidation sites excluding steroid dienone is 4. The number of rotatable bonds is 0. The lowest BCUT2D eigenvalue weighted by atomic mass is 9.29. The van der Waals surface area contributed by atoms with Gasteiger partial charge in [0.25, 0.3) is 0 Å². The number of Topliss-reactive ketones (excluding diaryl/α,β-unsaturated/α-hetero) is 2. The zero-order valence-electron chi connectivity index (χ0n) is 12.2. The molecule has 0 radical (unpaired) electrons. The summed E-state index contributed by atoms with van der Waals surface area (Å²) in [6.07, 6.45) is 12.0. The summed E-state index contributed by atoms with van der Waals surface area (Å²) in [7, 11) is 0. The maximum Gasteiger partial charge on any atom is 0.145 e. The van der Waals surface area contributed by atoms with Crippen LogP contribution < -0.4 is 0 Å². The number of carbonyl (C=O) groups is 2. The quantitative estimate of drug-likeness (QED) is 0.639. The monoisotopic (exact) mass is 288 g/mol. The normalized spacial score (nSPS) is 82.7. The van der Waals surface area contributed by atoms with Crippen LogP contribution in [0.15, 0.2) is 24.3 Å². The fourth-order valence-corrected chi connectivity index (χ4v) is 11.8. The fourth-order valence-electron chi connectivity index (χ4n) is 11.8. The first kappa shape index (κ1) is 9.85. The maximum absolute atomic E-state index is 13.6. The molecule has 0 aromatic heterocycles. The van der Waals surface area contributed by atoms with E-state index in [2.05, 4.69) is 24.3 Å². The largest absolute Gasteiger partial charge is 0.299 e. The van der Waals surface area contributed by atoms with Crippen LogP contribution in [0.25, 0.3) is 0 Å². The van der Waals surface area contributed by atoms with E-state index >= 15 is 0 Å². The lowest BCUT2D eigenvalue weighted by molar-refractivity contribution is -0.234. The van der Waals surface area contributed by atoms with Crippen LogP contribution in [0.4, 0.5) is 0 Å². The van der Waals surface area contributed by atoms with Gasteiger partial charge < -0.3 is 0 Å². The Hall–Kier alpha value is -1.18. The van der Waals surface area contributed by atoms with Crippen LogP contribution in [0.5, 0.6) is 0 Å². The summed E-state index contributed by atoms with van der Waals surface area (Å²) in [6.45, 7) is 0. The lowest BCUT2D eigenvalue weighted by Gasteiger charge is -2.71. The molecule has 0 N–H and O–H groups in total. The molecular weight excluding hydrogens is 272 g/mol. The number of ketones is 2. The summed E-state index contributed by atoms with van der Waals surface area (Å²) in [6, 6.07) is 0. The average molecular weight is 288 g/mol. The van der Waals surface area contributed by atoms with Gasteiger partial charge in [0, 0.05) is 11.8 Å². The van der Waals surface area contributed by atoms with Gasteiger partial charge in [-0.05, 0) is 59.2 Å². The smallest absolute Gasteiger partial charge is 0.145 e. The molecule has 9 aliphatic rings. The van der Waals surface area contributed by atoms with Crippen LogP contribution in [0.1, 0.15) is 12.8 Å². The third-order valence-electron chi connectivity index (χ3n) is 11.2. The van der Waals surface area contributed by atoms with Gasteiger partial charge in [-0.25, -0.2) is 0 Å². The minimum Gasteiger partial charge on any atom is -0.299 e. The Bertz CT molecular complexity index is 814. The predicted octanol–water partition coefficient (Wildman–Crippen LogP) is 2.01. The van der Waals surface area contributed by atoms with E-state index < -0.39 is 0 Å². The molecule has 0 amide bonds. The Morgan fingerprint density at radius 2 is 1.23 bits per heavy atom. The van der Waals surface area contributed by atoms with E-state index in [-0.39, 0.29) is 33.5 Å². The van der Waals surface area contributed by atoms with Crippen LogP contribution in [0, 0.1) is 69.0 Å². The van der Waals surface area contributed by atoms with Gasteiger partial charge in [0.05, 0.1) is 10.8 Å². The molecule has 4 bridgehead atoms. The number of hydrogen-bond acceptors (Lipinski definition) is 2. The molecule has 0 aromatic carbocycles. The van der Waals surface area contributed by atoms with Crippen molar-refractivity contribution >= 4 is 11.6 Å². The van der Waals surface area contributed by atoms with Crippen LogP contribution in [-0.4, -0.2) is 11.6 Å². The van der Waals surface area contributed by atoms with Crippen molar-refractivity contribution in [2.75, 3.05) is 0 Å². The SMILES string of the molecule is O=C1[C@@H]2[C@@H]3C(=O)[C@]45[C@@H]6C=C[C@@H]6[C@]14[C@H]1C[C@@H]5[C@]34[C@H]3C=C[C@H](C3)[C@@]214. The van der Waals surface area contributed by atoms with Crippen LogP contribution in [0.2, 0.25) is 0 Å². The molecule has 9 rings (SSSR count). The van der Waals surface area contributed by atoms with Gasteiger partial charge in [0.15, 0.2) is 0 Å². The highest BCUT2D eigenvalue weighted by Gasteiger charge is 3.11. The summed E-state index contributed by atoms with van der Waals surface area (Å²) >= 11 is 0. The molecule has 4 spiro atoms. The minimum atomic E-state index is -0.201. The maximum atomic E-state index is 13.6. The molecule has 0 aromatic rings. The highest BCUT2D eigenvalue weighted by Crippen LogP contribution is 3.08. The van der Waals surface area contributed by atoms with E-state index in [9.17, 15) is 9.59 Å². The second-order valence-corrected chi connectivity index (χ2v) is 9.90. The van der Waals surface area contributed by atoms with Crippen molar-refractivity contribution in [3.05, 3.63) is 24.3 Å². The zero-order chi connectivity index (χ0) is 14.0. The number of carbonyl (C=O) groups excluding carboxylic acids is 2. The van der Waals surface area contributed by atoms with Crippen molar-refractivity contribution in [1.29, 1.82) is 0 Å². The third-order valence-corrected chi connectivity index (χ3v) is 11.2. The van der Waals surface area contributed by atoms with E-state index in [4.69, 9.17) is 0 Å². The summed E-state index contributed by atoms with van der Waals surface area (Å²) in [5.41, 5.74) is 0.104. The summed E-state index contributed by atoms with van der Waals surface area (Å²) in [4.78, 5) is 27.2. The number of hydrogen-bond donors (Lipinski definition) is 0. The Labute approximate surface area is 128 Å². The van der Waals surface area contributed by atoms with Crippen LogP contribution in [-0.2, 0) is 9.59 Å². The van der Waals surface area contributed by atoms with Crippen molar-refractivity contribution in [2.24, 2.45) is 69.0 Å². The van der Waals surface area contributed by atoms with Crippen molar-refractivity contribution < 1.29 is 9.59 Å². The van der Waals surface area contributed by atoms with E-state index in [1.165, 1.54) is 12.8 Å². The van der Waals surface area contributed by atoms with Gasteiger partial charge in [-0.2, -0.15) is 0 Å². The molecule has 7 fully saturated rings. The molecule has 0 unspecified atom stereocenters. The molecule has 22 heavy (non-hydrogen) atoms. The van der Waals surface area contributed by atoms with Crippen molar-refractivity contribution in [3.63, 3.8) is 0 Å². The first-order valence-corrected chi connectivity index (χ1v) is 9.17. The molecule has 0 aliphatic heterocycles. The topological polar surface area (TPSA) is 34.1 Å². The van der Waals surface area contributed by atoms with Crippen LogP contribution >= 0.6 is 0 Å². The Morgan fingerprint density at radius 3 is 1.68 bits per heavy atom. The summed E-state index contributed by atoms with van der Waals surface area (Å²) < 4.78 is 0. The van der Waals surface area contributed by atoms with Gasteiger partial charge >= 0.3 is 0 Å². The Morgan fingerprint density at radius 1 is 0.727 bits per heavy atom. The van der Waals surface area contributed by atoms with Crippen molar-refractivity contribution in [1.82, 2.24) is 0 Å². The summed E-state index contributed by atoms with van der Waals surface area (Å²) in [5.74, 6) is 4.71. The van der Waals surface area contributed by atoms with E-state index in [1.807, 2.05) is 0 Å².